The normalized spacial score (nSPS) is 10.4. The van der Waals surface area contributed by atoms with E-state index in [2.05, 4.69) is 22.4 Å². The Balaban J connectivity index is 0.000000208. The Labute approximate surface area is 160 Å². The largest absolute Gasteiger partial charge is 0.374 e. The van der Waals surface area contributed by atoms with Gasteiger partial charge in [-0.05, 0) is 43.0 Å². The molecule has 3 rings (SSSR count). The van der Waals surface area contributed by atoms with E-state index in [1.54, 1.807) is 12.4 Å². The Morgan fingerprint density at radius 2 is 1.89 bits per heavy atom. The zero-order chi connectivity index (χ0) is 19.5. The molecule has 0 aliphatic heterocycles. The summed E-state index contributed by atoms with van der Waals surface area (Å²) in [4.78, 5) is 15.4. The van der Waals surface area contributed by atoms with Gasteiger partial charge in [-0.1, -0.05) is 36.4 Å². The van der Waals surface area contributed by atoms with Crippen LogP contribution in [0.1, 0.15) is 25.8 Å². The number of aromatic nitrogens is 1. The van der Waals surface area contributed by atoms with Gasteiger partial charge < -0.3 is 15.8 Å². The molecule has 142 valence electrons. The standard InChI is InChI=1S/C12H13N3O.C10H14O/c13-5-3-12(16)15-11-2-1-10-8-14-6-4-9(10)7-11;1-9(2)11-8-10-6-4-3-5-7-10/h1-2,4,6-8H,3,5,13H2,(H,15,16);3-7,9H,8H2,1-2H3. The molecule has 0 bridgehead atoms. The fraction of sp³-hybridized carbons (Fsp3) is 0.273. The summed E-state index contributed by atoms with van der Waals surface area (Å²) in [6, 6.07) is 17.8. The van der Waals surface area contributed by atoms with Crippen molar-refractivity contribution in [3.8, 4) is 0 Å². The predicted octanol–water partition coefficient (Wildman–Crippen LogP) is 4.13. The number of carbonyl (C=O) groups excluding carboxylic acids is 1. The van der Waals surface area contributed by atoms with E-state index in [-0.39, 0.29) is 5.91 Å². The summed E-state index contributed by atoms with van der Waals surface area (Å²) in [7, 11) is 0. The Morgan fingerprint density at radius 1 is 1.11 bits per heavy atom. The molecule has 0 atom stereocenters. The molecule has 5 nitrogen and oxygen atoms in total. The number of nitrogens with one attached hydrogen (secondary N) is 1. The zero-order valence-corrected chi connectivity index (χ0v) is 15.9. The van der Waals surface area contributed by atoms with Crippen LogP contribution in [0.25, 0.3) is 10.8 Å². The van der Waals surface area contributed by atoms with Gasteiger partial charge in [0.15, 0.2) is 0 Å². The maximum atomic E-state index is 11.3. The lowest BCUT2D eigenvalue weighted by Gasteiger charge is -2.06. The highest BCUT2D eigenvalue weighted by molar-refractivity contribution is 5.94. The second-order valence-corrected chi connectivity index (χ2v) is 6.37. The van der Waals surface area contributed by atoms with Gasteiger partial charge in [-0.25, -0.2) is 0 Å². The average molecular weight is 365 g/mol. The van der Waals surface area contributed by atoms with Crippen LogP contribution < -0.4 is 11.1 Å². The summed E-state index contributed by atoms with van der Waals surface area (Å²) in [5.74, 6) is -0.0593. The zero-order valence-electron chi connectivity index (χ0n) is 15.9. The van der Waals surface area contributed by atoms with E-state index < -0.39 is 0 Å². The lowest BCUT2D eigenvalue weighted by Crippen LogP contribution is -2.16. The van der Waals surface area contributed by atoms with E-state index in [9.17, 15) is 4.79 Å². The Hall–Kier alpha value is -2.76. The molecular formula is C22H27N3O2. The molecule has 2 aromatic carbocycles. The van der Waals surface area contributed by atoms with Crippen molar-refractivity contribution in [2.75, 3.05) is 11.9 Å². The molecule has 1 aromatic heterocycles. The summed E-state index contributed by atoms with van der Waals surface area (Å²) < 4.78 is 5.43. The first-order chi connectivity index (χ1) is 13.1. The van der Waals surface area contributed by atoms with Crippen molar-refractivity contribution >= 4 is 22.4 Å². The molecule has 0 aliphatic rings. The SMILES string of the molecule is CC(C)OCc1ccccc1.NCCC(=O)Nc1ccc2cnccc2c1. The van der Waals surface area contributed by atoms with Gasteiger partial charge in [0.1, 0.15) is 0 Å². The maximum absolute atomic E-state index is 11.3. The van der Waals surface area contributed by atoms with Crippen LogP contribution in [0.4, 0.5) is 5.69 Å². The van der Waals surface area contributed by atoms with Crippen molar-refractivity contribution < 1.29 is 9.53 Å². The van der Waals surface area contributed by atoms with Gasteiger partial charge in [-0.2, -0.15) is 0 Å². The van der Waals surface area contributed by atoms with Gasteiger partial charge in [0, 0.05) is 36.4 Å². The van der Waals surface area contributed by atoms with Crippen molar-refractivity contribution in [2.45, 2.75) is 33.0 Å². The smallest absolute Gasteiger partial charge is 0.225 e. The minimum absolute atomic E-state index is 0.0593. The third kappa shape index (κ3) is 7.56. The molecule has 3 N–H and O–H groups in total. The van der Waals surface area contributed by atoms with Gasteiger partial charge in [-0.3, -0.25) is 9.78 Å². The van der Waals surface area contributed by atoms with Gasteiger partial charge in [0.25, 0.3) is 0 Å². The topological polar surface area (TPSA) is 77.2 Å². The van der Waals surface area contributed by atoms with Gasteiger partial charge in [-0.15, -0.1) is 0 Å². The summed E-state index contributed by atoms with van der Waals surface area (Å²) in [6.07, 6.45) is 4.18. The number of rotatable bonds is 6. The van der Waals surface area contributed by atoms with Crippen LogP contribution in [-0.4, -0.2) is 23.5 Å². The monoisotopic (exact) mass is 365 g/mol. The van der Waals surface area contributed by atoms with Crippen LogP contribution in [0.3, 0.4) is 0 Å². The third-order valence-electron chi connectivity index (χ3n) is 3.72. The second kappa shape index (κ2) is 11.1. The van der Waals surface area contributed by atoms with E-state index >= 15 is 0 Å². The first-order valence-corrected chi connectivity index (χ1v) is 9.07. The quantitative estimate of drug-likeness (QED) is 0.688. The second-order valence-electron chi connectivity index (χ2n) is 6.37. The van der Waals surface area contributed by atoms with E-state index in [0.29, 0.717) is 19.1 Å². The molecule has 5 heteroatoms. The lowest BCUT2D eigenvalue weighted by atomic mass is 10.1. The van der Waals surface area contributed by atoms with Crippen LogP contribution in [-0.2, 0) is 16.1 Å². The van der Waals surface area contributed by atoms with Crippen molar-refractivity contribution in [1.29, 1.82) is 0 Å². The summed E-state index contributed by atoms with van der Waals surface area (Å²) in [5.41, 5.74) is 7.33. The maximum Gasteiger partial charge on any atom is 0.225 e. The molecule has 0 aliphatic carbocycles. The average Bonchev–Trinajstić information content (AvgIpc) is 2.68. The number of anilines is 1. The summed E-state index contributed by atoms with van der Waals surface area (Å²) in [5, 5.41) is 4.91. The van der Waals surface area contributed by atoms with Crippen LogP contribution in [0, 0.1) is 0 Å². The highest BCUT2D eigenvalue weighted by Gasteiger charge is 2.01. The van der Waals surface area contributed by atoms with E-state index in [4.69, 9.17) is 10.5 Å². The first kappa shape index (κ1) is 20.6. The molecule has 3 aromatic rings. The van der Waals surface area contributed by atoms with Crippen molar-refractivity contribution in [1.82, 2.24) is 4.98 Å². The Morgan fingerprint density at radius 3 is 2.59 bits per heavy atom. The minimum atomic E-state index is -0.0593. The Kier molecular flexibility index (Phi) is 8.42. The van der Waals surface area contributed by atoms with Crippen LogP contribution in [0.5, 0.6) is 0 Å². The number of nitrogens with two attached hydrogens (primary N) is 1. The van der Waals surface area contributed by atoms with Crippen LogP contribution >= 0.6 is 0 Å². The number of hydrogen-bond donors (Lipinski definition) is 2. The van der Waals surface area contributed by atoms with Crippen molar-refractivity contribution in [3.63, 3.8) is 0 Å². The Bertz CT molecular complexity index is 835. The van der Waals surface area contributed by atoms with Crippen molar-refractivity contribution in [2.24, 2.45) is 5.73 Å². The first-order valence-electron chi connectivity index (χ1n) is 9.07. The molecule has 0 fully saturated rings. The molecule has 1 heterocycles. The highest BCUT2D eigenvalue weighted by atomic mass is 16.5. The number of fused-ring (bicyclic) bond motifs is 1. The van der Waals surface area contributed by atoms with Crippen molar-refractivity contribution in [3.05, 3.63) is 72.6 Å². The fourth-order valence-electron chi connectivity index (χ4n) is 2.35. The van der Waals surface area contributed by atoms with Crippen LogP contribution in [0.2, 0.25) is 0 Å². The number of pyridine rings is 1. The summed E-state index contributed by atoms with van der Waals surface area (Å²) in [6.45, 7) is 5.17. The number of ether oxygens (including phenoxy) is 1. The number of nitrogens with zero attached hydrogens (tertiary/aromatic N) is 1. The number of amides is 1. The number of hydrogen-bond acceptors (Lipinski definition) is 4. The minimum Gasteiger partial charge on any atom is -0.374 e. The van der Waals surface area contributed by atoms with E-state index in [1.165, 1.54) is 5.56 Å². The summed E-state index contributed by atoms with van der Waals surface area (Å²) >= 11 is 0. The molecule has 27 heavy (non-hydrogen) atoms. The third-order valence-corrected chi connectivity index (χ3v) is 3.72. The number of benzene rings is 2. The molecule has 0 unspecified atom stereocenters. The predicted molar refractivity (Wildman–Crippen MR) is 110 cm³/mol. The van der Waals surface area contributed by atoms with Gasteiger partial charge in [0.2, 0.25) is 5.91 Å². The number of carbonyl (C=O) groups is 1. The lowest BCUT2D eigenvalue weighted by molar-refractivity contribution is -0.116. The van der Waals surface area contributed by atoms with E-state index in [0.717, 1.165) is 23.1 Å². The highest BCUT2D eigenvalue weighted by Crippen LogP contribution is 2.17. The van der Waals surface area contributed by atoms with Gasteiger partial charge in [0.05, 0.1) is 12.7 Å². The van der Waals surface area contributed by atoms with Crippen LogP contribution in [0.15, 0.2) is 67.0 Å². The molecule has 0 spiro atoms. The molecule has 0 saturated carbocycles. The molecule has 0 saturated heterocycles. The molecular weight excluding hydrogens is 338 g/mol. The molecule has 0 radical (unpaired) electrons. The van der Waals surface area contributed by atoms with E-state index in [1.807, 2.05) is 56.3 Å². The van der Waals surface area contributed by atoms with Gasteiger partial charge >= 0.3 is 0 Å². The fourth-order valence-corrected chi connectivity index (χ4v) is 2.35. The molecule has 1 amide bonds.